The number of amides is 1. The second-order valence-electron chi connectivity index (χ2n) is 5.70. The maximum Gasteiger partial charge on any atom is 0.271 e. The SMILES string of the molecule is Cc1sc2ncnc(SC(C)C(=O)Nc3cccc([N+](=O)[O-])c3)c2c1C. The second-order valence-corrected chi connectivity index (χ2v) is 8.23. The van der Waals surface area contributed by atoms with E-state index in [0.29, 0.717) is 5.69 Å². The van der Waals surface area contributed by atoms with Crippen LogP contribution in [-0.2, 0) is 4.79 Å². The summed E-state index contributed by atoms with van der Waals surface area (Å²) in [5.41, 5.74) is 1.46. The van der Waals surface area contributed by atoms with E-state index in [0.717, 1.165) is 20.8 Å². The van der Waals surface area contributed by atoms with Gasteiger partial charge in [-0.25, -0.2) is 9.97 Å². The van der Waals surface area contributed by atoms with Gasteiger partial charge in [0.05, 0.1) is 10.2 Å². The Hall–Kier alpha value is -2.52. The molecule has 2 heterocycles. The fourth-order valence-electron chi connectivity index (χ4n) is 2.40. The molecule has 7 nitrogen and oxygen atoms in total. The number of hydrogen-bond donors (Lipinski definition) is 1. The maximum atomic E-state index is 12.5. The van der Waals surface area contributed by atoms with Gasteiger partial charge in [0.1, 0.15) is 16.2 Å². The summed E-state index contributed by atoms with van der Waals surface area (Å²) in [4.78, 5) is 33.6. The van der Waals surface area contributed by atoms with Gasteiger partial charge < -0.3 is 5.32 Å². The zero-order valence-corrected chi connectivity index (χ0v) is 16.0. The summed E-state index contributed by atoms with van der Waals surface area (Å²) in [6, 6.07) is 5.88. The molecule has 3 aromatic rings. The summed E-state index contributed by atoms with van der Waals surface area (Å²) in [6.07, 6.45) is 1.51. The molecule has 0 bridgehead atoms. The molecule has 26 heavy (non-hydrogen) atoms. The Morgan fingerprint density at radius 3 is 2.85 bits per heavy atom. The Balaban J connectivity index is 1.78. The highest BCUT2D eigenvalue weighted by molar-refractivity contribution is 8.00. The second kappa shape index (κ2) is 7.38. The van der Waals surface area contributed by atoms with Crippen LogP contribution in [0.1, 0.15) is 17.4 Å². The van der Waals surface area contributed by atoms with E-state index in [9.17, 15) is 14.9 Å². The molecule has 0 saturated carbocycles. The molecule has 3 rings (SSSR count). The van der Waals surface area contributed by atoms with Crippen molar-refractivity contribution < 1.29 is 9.72 Å². The van der Waals surface area contributed by atoms with E-state index in [1.165, 1.54) is 41.2 Å². The van der Waals surface area contributed by atoms with Crippen LogP contribution in [-0.4, -0.2) is 26.0 Å². The van der Waals surface area contributed by atoms with Crippen LogP contribution in [0.25, 0.3) is 10.2 Å². The predicted octanol–water partition coefficient (Wildman–Crippen LogP) is 4.34. The van der Waals surface area contributed by atoms with Crippen molar-refractivity contribution >= 4 is 50.6 Å². The predicted molar refractivity (Wildman–Crippen MR) is 104 cm³/mol. The number of non-ortho nitro benzene ring substituents is 1. The molecule has 1 aromatic carbocycles. The van der Waals surface area contributed by atoms with E-state index >= 15 is 0 Å². The first kappa shape index (κ1) is 18.3. The van der Waals surface area contributed by atoms with Crippen molar-refractivity contribution in [1.29, 1.82) is 0 Å². The molecule has 134 valence electrons. The molecular weight excluding hydrogens is 372 g/mol. The van der Waals surface area contributed by atoms with E-state index in [1.807, 2.05) is 13.8 Å². The lowest BCUT2D eigenvalue weighted by molar-refractivity contribution is -0.384. The topological polar surface area (TPSA) is 98.0 Å². The lowest BCUT2D eigenvalue weighted by Gasteiger charge is -2.12. The van der Waals surface area contributed by atoms with Crippen LogP contribution in [0.5, 0.6) is 0 Å². The Morgan fingerprint density at radius 2 is 2.12 bits per heavy atom. The number of benzene rings is 1. The zero-order valence-electron chi connectivity index (χ0n) is 14.3. The average Bonchev–Trinajstić information content (AvgIpc) is 2.90. The number of carbonyl (C=O) groups is 1. The summed E-state index contributed by atoms with van der Waals surface area (Å²) in [5, 5.41) is 14.9. The highest BCUT2D eigenvalue weighted by atomic mass is 32.2. The third-order valence-corrected chi connectivity index (χ3v) is 6.13. The van der Waals surface area contributed by atoms with Crippen molar-refractivity contribution in [2.24, 2.45) is 0 Å². The quantitative estimate of drug-likeness (QED) is 0.302. The van der Waals surface area contributed by atoms with Gasteiger partial charge in [0, 0.05) is 28.1 Å². The van der Waals surface area contributed by atoms with Crippen molar-refractivity contribution in [1.82, 2.24) is 9.97 Å². The van der Waals surface area contributed by atoms with E-state index in [2.05, 4.69) is 15.3 Å². The molecule has 0 aliphatic rings. The number of anilines is 1. The largest absolute Gasteiger partial charge is 0.325 e. The summed E-state index contributed by atoms with van der Waals surface area (Å²) in [7, 11) is 0. The number of aryl methyl sites for hydroxylation is 2. The number of thiophene rings is 1. The highest BCUT2D eigenvalue weighted by Crippen LogP contribution is 2.36. The van der Waals surface area contributed by atoms with Gasteiger partial charge in [-0.2, -0.15) is 0 Å². The molecular formula is C17H16N4O3S2. The molecule has 0 spiro atoms. The summed E-state index contributed by atoms with van der Waals surface area (Å²) >= 11 is 2.95. The lowest BCUT2D eigenvalue weighted by Crippen LogP contribution is -2.22. The van der Waals surface area contributed by atoms with Gasteiger partial charge in [0.15, 0.2) is 0 Å². The first-order chi connectivity index (χ1) is 12.4. The molecule has 1 unspecified atom stereocenters. The van der Waals surface area contributed by atoms with Gasteiger partial charge in [-0.15, -0.1) is 11.3 Å². The summed E-state index contributed by atoms with van der Waals surface area (Å²) in [6.45, 7) is 5.84. The molecule has 1 atom stereocenters. The van der Waals surface area contributed by atoms with Crippen LogP contribution in [0, 0.1) is 24.0 Å². The highest BCUT2D eigenvalue weighted by Gasteiger charge is 2.20. The molecule has 0 aliphatic heterocycles. The van der Waals surface area contributed by atoms with Crippen LogP contribution in [0.4, 0.5) is 11.4 Å². The molecule has 2 aromatic heterocycles. The average molecular weight is 388 g/mol. The molecule has 9 heteroatoms. The van der Waals surface area contributed by atoms with E-state index in [4.69, 9.17) is 0 Å². The number of hydrogen-bond acceptors (Lipinski definition) is 7. The van der Waals surface area contributed by atoms with Crippen molar-refractivity contribution in [3.05, 3.63) is 51.1 Å². The normalized spacial score (nSPS) is 12.1. The van der Waals surface area contributed by atoms with Crippen molar-refractivity contribution in [2.75, 3.05) is 5.32 Å². The van der Waals surface area contributed by atoms with Crippen LogP contribution in [0.2, 0.25) is 0 Å². The van der Waals surface area contributed by atoms with Crippen LogP contribution >= 0.6 is 23.1 Å². The Bertz CT molecular complexity index is 1000. The first-order valence-corrected chi connectivity index (χ1v) is 9.49. The minimum atomic E-state index is -0.493. The van der Waals surface area contributed by atoms with Crippen LogP contribution < -0.4 is 5.32 Å². The number of thioether (sulfide) groups is 1. The van der Waals surface area contributed by atoms with Crippen molar-refractivity contribution in [3.63, 3.8) is 0 Å². The number of aromatic nitrogens is 2. The standard InChI is InChI=1S/C17H16N4O3S2/c1-9-10(2)25-16-14(9)17(19-8-18-16)26-11(3)15(22)20-12-5-4-6-13(7-12)21(23)24/h4-8,11H,1-3H3,(H,20,22). The lowest BCUT2D eigenvalue weighted by atomic mass is 10.2. The minimum absolute atomic E-state index is 0.0648. The fourth-order valence-corrected chi connectivity index (χ4v) is 4.44. The Morgan fingerprint density at radius 1 is 1.35 bits per heavy atom. The van der Waals surface area contributed by atoms with Gasteiger partial charge in [0.25, 0.3) is 5.69 Å². The number of fused-ring (bicyclic) bond motifs is 1. The molecule has 0 aliphatic carbocycles. The Kier molecular flexibility index (Phi) is 5.19. The number of carbonyl (C=O) groups excluding carboxylic acids is 1. The molecule has 0 radical (unpaired) electrons. The van der Waals surface area contributed by atoms with E-state index in [-0.39, 0.29) is 11.6 Å². The number of rotatable bonds is 5. The maximum absolute atomic E-state index is 12.5. The smallest absolute Gasteiger partial charge is 0.271 e. The number of nitro groups is 1. The van der Waals surface area contributed by atoms with Gasteiger partial charge in [0.2, 0.25) is 5.91 Å². The summed E-state index contributed by atoms with van der Waals surface area (Å²) < 4.78 is 0. The number of nitrogens with zero attached hydrogens (tertiary/aromatic N) is 3. The zero-order chi connectivity index (χ0) is 18.8. The van der Waals surface area contributed by atoms with E-state index < -0.39 is 10.2 Å². The first-order valence-electron chi connectivity index (χ1n) is 7.79. The molecule has 0 fully saturated rings. The van der Waals surface area contributed by atoms with Gasteiger partial charge in [-0.3, -0.25) is 14.9 Å². The Labute approximate surface area is 158 Å². The fraction of sp³-hybridized carbons (Fsp3) is 0.235. The van der Waals surface area contributed by atoms with Crippen LogP contribution in [0.3, 0.4) is 0 Å². The van der Waals surface area contributed by atoms with E-state index in [1.54, 1.807) is 24.3 Å². The van der Waals surface area contributed by atoms with Crippen LogP contribution in [0.15, 0.2) is 35.6 Å². The molecule has 0 saturated heterocycles. The minimum Gasteiger partial charge on any atom is -0.325 e. The van der Waals surface area contributed by atoms with Gasteiger partial charge in [-0.1, -0.05) is 17.8 Å². The number of nitrogens with one attached hydrogen (secondary N) is 1. The third kappa shape index (κ3) is 3.68. The van der Waals surface area contributed by atoms with Gasteiger partial charge in [-0.05, 0) is 32.4 Å². The summed E-state index contributed by atoms with van der Waals surface area (Å²) in [5.74, 6) is -0.244. The van der Waals surface area contributed by atoms with Crippen molar-refractivity contribution in [3.8, 4) is 0 Å². The monoisotopic (exact) mass is 388 g/mol. The molecule has 1 amide bonds. The van der Waals surface area contributed by atoms with Crippen molar-refractivity contribution in [2.45, 2.75) is 31.0 Å². The number of nitro benzene ring substituents is 1. The molecule has 1 N–H and O–H groups in total. The van der Waals surface area contributed by atoms with Gasteiger partial charge >= 0.3 is 0 Å². The third-order valence-electron chi connectivity index (χ3n) is 3.91.